The quantitative estimate of drug-likeness (QED) is 0.483. The van der Waals surface area contributed by atoms with E-state index < -0.39 is 0 Å². The van der Waals surface area contributed by atoms with Crippen molar-refractivity contribution in [3.8, 4) is 5.75 Å². The molecule has 0 radical (unpaired) electrons. The molecule has 164 valence electrons. The van der Waals surface area contributed by atoms with Crippen LogP contribution in [0.3, 0.4) is 0 Å². The summed E-state index contributed by atoms with van der Waals surface area (Å²) in [6.45, 7) is 7.71. The van der Waals surface area contributed by atoms with Crippen LogP contribution in [0, 0.1) is 11.8 Å². The number of nitrogens with zero attached hydrogens (tertiary/aromatic N) is 2. The lowest BCUT2D eigenvalue weighted by atomic mass is 9.75. The fraction of sp³-hybridized carbons (Fsp3) is 0.600. The van der Waals surface area contributed by atoms with Crippen molar-refractivity contribution >= 4 is 11.6 Å². The van der Waals surface area contributed by atoms with Gasteiger partial charge in [0.1, 0.15) is 11.4 Å². The summed E-state index contributed by atoms with van der Waals surface area (Å²) >= 11 is 0. The molecule has 1 aromatic heterocycles. The summed E-state index contributed by atoms with van der Waals surface area (Å²) < 4.78 is 8.41. The number of imidazole rings is 1. The van der Waals surface area contributed by atoms with Crippen LogP contribution in [-0.4, -0.2) is 21.1 Å². The predicted octanol–water partition coefficient (Wildman–Crippen LogP) is 6.07. The van der Waals surface area contributed by atoms with E-state index in [1.165, 1.54) is 25.7 Å². The molecule has 0 unspecified atom stereocenters. The Bertz CT molecular complexity index is 760. The third-order valence-corrected chi connectivity index (χ3v) is 6.40. The van der Waals surface area contributed by atoms with E-state index in [-0.39, 0.29) is 11.5 Å². The first kappa shape index (κ1) is 22.4. The number of carbonyl (C=O) groups excluding carboxylic acids is 1. The maximum absolute atomic E-state index is 12.2. The maximum Gasteiger partial charge on any atom is 0.224 e. The largest absolute Gasteiger partial charge is 0.488 e. The minimum Gasteiger partial charge on any atom is -0.488 e. The number of amides is 1. The molecular formula is C25H37N3O2. The minimum absolute atomic E-state index is 0.0722. The van der Waals surface area contributed by atoms with Crippen molar-refractivity contribution in [2.75, 3.05) is 5.32 Å². The molecule has 1 heterocycles. The van der Waals surface area contributed by atoms with Crippen molar-refractivity contribution < 1.29 is 9.53 Å². The average Bonchev–Trinajstić information content (AvgIpc) is 3.23. The molecule has 0 saturated heterocycles. The highest BCUT2D eigenvalue weighted by Crippen LogP contribution is 2.37. The van der Waals surface area contributed by atoms with E-state index in [0.717, 1.165) is 43.2 Å². The number of anilines is 1. The molecule has 1 N–H and O–H groups in total. The summed E-state index contributed by atoms with van der Waals surface area (Å²) in [7, 11) is 0. The van der Waals surface area contributed by atoms with Crippen LogP contribution in [-0.2, 0) is 11.3 Å². The van der Waals surface area contributed by atoms with Gasteiger partial charge in [-0.3, -0.25) is 4.79 Å². The Labute approximate surface area is 181 Å². The molecule has 2 aromatic rings. The molecule has 0 bridgehead atoms. The Balaban J connectivity index is 1.37. The van der Waals surface area contributed by atoms with Gasteiger partial charge in [0.2, 0.25) is 5.91 Å². The summed E-state index contributed by atoms with van der Waals surface area (Å²) in [5.74, 6) is 2.39. The second kappa shape index (κ2) is 10.6. The number of hydrogen-bond acceptors (Lipinski definition) is 3. The highest BCUT2D eigenvalue weighted by atomic mass is 16.5. The first-order valence-electron chi connectivity index (χ1n) is 11.5. The molecule has 0 atom stereocenters. The Morgan fingerprint density at radius 3 is 2.53 bits per heavy atom. The fourth-order valence-corrected chi connectivity index (χ4v) is 4.35. The lowest BCUT2D eigenvalue weighted by molar-refractivity contribution is -0.116. The van der Waals surface area contributed by atoms with E-state index in [9.17, 15) is 4.79 Å². The number of benzene rings is 1. The van der Waals surface area contributed by atoms with Crippen molar-refractivity contribution in [3.63, 3.8) is 0 Å². The fourth-order valence-electron chi connectivity index (χ4n) is 4.35. The summed E-state index contributed by atoms with van der Waals surface area (Å²) in [5.41, 5.74) is 0.664. The molecule has 1 aliphatic rings. The van der Waals surface area contributed by atoms with Crippen LogP contribution in [0.4, 0.5) is 5.69 Å². The van der Waals surface area contributed by atoms with Gasteiger partial charge < -0.3 is 14.6 Å². The molecule has 1 aliphatic carbocycles. The number of rotatable bonds is 10. The number of aromatic nitrogens is 2. The van der Waals surface area contributed by atoms with E-state index in [2.05, 4.69) is 35.6 Å². The zero-order valence-electron chi connectivity index (χ0n) is 18.8. The van der Waals surface area contributed by atoms with Gasteiger partial charge in [0, 0.05) is 31.0 Å². The summed E-state index contributed by atoms with van der Waals surface area (Å²) in [6.07, 6.45) is 14.2. The van der Waals surface area contributed by atoms with Crippen molar-refractivity contribution in [2.24, 2.45) is 11.8 Å². The Morgan fingerprint density at radius 2 is 1.87 bits per heavy atom. The van der Waals surface area contributed by atoms with Gasteiger partial charge in [0.15, 0.2) is 0 Å². The number of carbonyl (C=O) groups is 1. The first-order chi connectivity index (χ1) is 14.4. The average molecular weight is 412 g/mol. The first-order valence-corrected chi connectivity index (χ1v) is 11.5. The van der Waals surface area contributed by atoms with Gasteiger partial charge in [0.05, 0.1) is 6.33 Å². The van der Waals surface area contributed by atoms with Crippen LogP contribution in [0.25, 0.3) is 0 Å². The van der Waals surface area contributed by atoms with E-state index in [1.807, 2.05) is 36.8 Å². The summed E-state index contributed by atoms with van der Waals surface area (Å²) in [5, 5.41) is 2.99. The van der Waals surface area contributed by atoms with Gasteiger partial charge in [-0.2, -0.15) is 0 Å². The number of nitrogens with one attached hydrogen (secondary N) is 1. The zero-order chi connectivity index (χ0) is 21.4. The zero-order valence-corrected chi connectivity index (χ0v) is 18.8. The lowest BCUT2D eigenvalue weighted by Gasteiger charge is -2.38. The van der Waals surface area contributed by atoms with Gasteiger partial charge in [-0.1, -0.05) is 26.2 Å². The van der Waals surface area contributed by atoms with Crippen molar-refractivity contribution in [1.29, 1.82) is 0 Å². The summed E-state index contributed by atoms with van der Waals surface area (Å²) in [4.78, 5) is 16.2. The number of ether oxygens (including phenoxy) is 1. The van der Waals surface area contributed by atoms with Crippen LogP contribution in [0.1, 0.15) is 72.1 Å². The Morgan fingerprint density at radius 1 is 1.13 bits per heavy atom. The third kappa shape index (κ3) is 6.89. The van der Waals surface area contributed by atoms with Gasteiger partial charge in [-0.05, 0) is 75.6 Å². The number of unbranched alkanes of at least 4 members (excludes halogenated alkanes) is 2. The second-order valence-electron chi connectivity index (χ2n) is 9.35. The molecule has 1 amide bonds. The number of aryl methyl sites for hydroxylation is 1. The second-order valence-corrected chi connectivity index (χ2v) is 9.35. The summed E-state index contributed by atoms with van der Waals surface area (Å²) in [6, 6.07) is 7.80. The van der Waals surface area contributed by atoms with Crippen molar-refractivity contribution in [2.45, 2.75) is 84.3 Å². The molecular weight excluding hydrogens is 374 g/mol. The highest BCUT2D eigenvalue weighted by molar-refractivity contribution is 5.90. The molecule has 30 heavy (non-hydrogen) atoms. The van der Waals surface area contributed by atoms with Crippen molar-refractivity contribution in [3.05, 3.63) is 43.0 Å². The smallest absolute Gasteiger partial charge is 0.224 e. The van der Waals surface area contributed by atoms with Crippen LogP contribution >= 0.6 is 0 Å². The van der Waals surface area contributed by atoms with Gasteiger partial charge in [-0.25, -0.2) is 4.98 Å². The minimum atomic E-state index is -0.165. The van der Waals surface area contributed by atoms with E-state index in [4.69, 9.17) is 4.74 Å². The molecule has 5 nitrogen and oxygen atoms in total. The topological polar surface area (TPSA) is 56.1 Å². The maximum atomic E-state index is 12.2. The normalized spacial score (nSPS) is 19.4. The van der Waals surface area contributed by atoms with E-state index >= 15 is 0 Å². The molecule has 3 rings (SSSR count). The van der Waals surface area contributed by atoms with Crippen molar-refractivity contribution in [1.82, 2.24) is 9.55 Å². The SMILES string of the molecule is CC(C)(Oc1ccc(NC(=O)CCCCCn2ccnc2)cc1)[C@H]1CC[C@@H](C)CC1. The molecule has 5 heteroatoms. The molecule has 1 aromatic carbocycles. The highest BCUT2D eigenvalue weighted by Gasteiger charge is 2.34. The van der Waals surface area contributed by atoms with Crippen LogP contribution in [0.15, 0.2) is 43.0 Å². The van der Waals surface area contributed by atoms with E-state index in [0.29, 0.717) is 12.3 Å². The molecule has 0 aliphatic heterocycles. The molecule has 0 spiro atoms. The van der Waals surface area contributed by atoms with E-state index in [1.54, 1.807) is 6.20 Å². The standard InChI is InChI=1S/C25H37N3O2/c1-20-8-10-21(11-9-20)25(2,3)30-23-14-12-22(13-15-23)27-24(29)7-5-4-6-17-28-18-16-26-19-28/h12-16,18-21H,4-11,17H2,1-3H3,(H,27,29)/t20-,21+. The van der Waals surface area contributed by atoms with Crippen LogP contribution in [0.2, 0.25) is 0 Å². The Hall–Kier alpha value is -2.30. The Kier molecular flexibility index (Phi) is 7.94. The third-order valence-electron chi connectivity index (χ3n) is 6.40. The molecule has 1 saturated carbocycles. The molecule has 1 fully saturated rings. The van der Waals surface area contributed by atoms with Crippen LogP contribution < -0.4 is 10.1 Å². The van der Waals surface area contributed by atoms with Gasteiger partial charge >= 0.3 is 0 Å². The lowest BCUT2D eigenvalue weighted by Crippen LogP contribution is -2.39. The number of hydrogen-bond donors (Lipinski definition) is 1. The predicted molar refractivity (Wildman–Crippen MR) is 122 cm³/mol. The van der Waals surface area contributed by atoms with Gasteiger partial charge in [0.25, 0.3) is 0 Å². The van der Waals surface area contributed by atoms with Gasteiger partial charge in [-0.15, -0.1) is 0 Å². The van der Waals surface area contributed by atoms with Crippen LogP contribution in [0.5, 0.6) is 5.75 Å². The monoisotopic (exact) mass is 411 g/mol.